The lowest BCUT2D eigenvalue weighted by Gasteiger charge is -2.05. The molecule has 0 saturated carbocycles. The molecule has 0 saturated heterocycles. The van der Waals surface area contributed by atoms with Crippen molar-refractivity contribution in [3.8, 4) is 0 Å². The zero-order chi connectivity index (χ0) is 10.7. The van der Waals surface area contributed by atoms with Crippen LogP contribution in [0, 0.1) is 5.92 Å². The maximum absolute atomic E-state index is 11.4. The molecule has 0 radical (unpaired) electrons. The molecular weight excluding hydrogens is 178 g/mol. The molecule has 1 aromatic rings. The zero-order valence-corrected chi connectivity index (χ0v) is 8.50. The second-order valence-corrected chi connectivity index (χ2v) is 3.61. The van der Waals surface area contributed by atoms with Crippen LogP contribution >= 0.6 is 0 Å². The highest BCUT2D eigenvalue weighted by atomic mass is 16.1. The molecule has 0 aliphatic heterocycles. The molecule has 0 atom stereocenters. The third-order valence-corrected chi connectivity index (χ3v) is 1.84. The minimum absolute atomic E-state index is 0.219. The van der Waals surface area contributed by atoms with E-state index in [1.807, 2.05) is 0 Å². The Kier molecular flexibility index (Phi) is 3.06. The van der Waals surface area contributed by atoms with Crippen LogP contribution in [0.4, 0.5) is 5.82 Å². The van der Waals surface area contributed by atoms with Crippen LogP contribution in [0.5, 0.6) is 0 Å². The Morgan fingerprint density at radius 1 is 1.64 bits per heavy atom. The number of nitrogens with zero attached hydrogens (tertiary/aromatic N) is 1. The lowest BCUT2D eigenvalue weighted by atomic mass is 10.1. The molecule has 0 spiro atoms. The van der Waals surface area contributed by atoms with Gasteiger partial charge in [0.15, 0.2) is 0 Å². The van der Waals surface area contributed by atoms with Crippen LogP contribution in [-0.2, 0) is 6.42 Å². The fraction of sp³-hybridized carbons (Fsp3) is 0.400. The number of anilines is 1. The monoisotopic (exact) mass is 193 g/mol. The van der Waals surface area contributed by atoms with Gasteiger partial charge < -0.3 is 10.7 Å². The molecule has 4 nitrogen and oxygen atoms in total. The van der Waals surface area contributed by atoms with Crippen LogP contribution in [0.2, 0.25) is 0 Å². The van der Waals surface area contributed by atoms with Gasteiger partial charge in [-0.05, 0) is 5.92 Å². The number of hydrogen-bond donors (Lipinski definition) is 2. The standard InChI is InChI=1S/C10H15N3O/c1-4-7-9(11)12-8(5-6(2)3)13-10(7)14/h4,6H,1,5H2,2-3H3,(H3,11,12,13,14). The summed E-state index contributed by atoms with van der Waals surface area (Å²) in [5, 5.41) is 0. The topological polar surface area (TPSA) is 71.8 Å². The van der Waals surface area contributed by atoms with E-state index in [-0.39, 0.29) is 11.4 Å². The minimum Gasteiger partial charge on any atom is -0.383 e. The van der Waals surface area contributed by atoms with E-state index in [2.05, 4.69) is 30.4 Å². The largest absolute Gasteiger partial charge is 0.383 e. The molecule has 0 aliphatic rings. The summed E-state index contributed by atoms with van der Waals surface area (Å²) in [5.74, 6) is 1.32. The molecule has 3 N–H and O–H groups in total. The molecule has 4 heteroatoms. The predicted molar refractivity (Wildman–Crippen MR) is 57.9 cm³/mol. The van der Waals surface area contributed by atoms with E-state index in [9.17, 15) is 4.79 Å². The normalized spacial score (nSPS) is 10.5. The maximum Gasteiger partial charge on any atom is 0.260 e. The number of hydrogen-bond acceptors (Lipinski definition) is 3. The fourth-order valence-corrected chi connectivity index (χ4v) is 1.23. The van der Waals surface area contributed by atoms with Crippen LogP contribution in [-0.4, -0.2) is 9.97 Å². The number of nitrogen functional groups attached to an aromatic ring is 1. The lowest BCUT2D eigenvalue weighted by Crippen LogP contribution is -2.18. The fourth-order valence-electron chi connectivity index (χ4n) is 1.23. The van der Waals surface area contributed by atoms with Gasteiger partial charge >= 0.3 is 0 Å². The van der Waals surface area contributed by atoms with Crippen LogP contribution in [0.1, 0.15) is 25.2 Å². The highest BCUT2D eigenvalue weighted by Gasteiger charge is 2.06. The van der Waals surface area contributed by atoms with E-state index in [1.54, 1.807) is 0 Å². The second kappa shape index (κ2) is 4.09. The molecule has 1 heterocycles. The van der Waals surface area contributed by atoms with Crippen molar-refractivity contribution >= 4 is 11.9 Å². The molecule has 0 unspecified atom stereocenters. The molecule has 14 heavy (non-hydrogen) atoms. The van der Waals surface area contributed by atoms with Crippen molar-refractivity contribution in [2.45, 2.75) is 20.3 Å². The summed E-state index contributed by atoms with van der Waals surface area (Å²) >= 11 is 0. The summed E-state index contributed by atoms with van der Waals surface area (Å²) in [7, 11) is 0. The van der Waals surface area contributed by atoms with E-state index in [1.165, 1.54) is 6.08 Å². The Morgan fingerprint density at radius 3 is 2.71 bits per heavy atom. The van der Waals surface area contributed by atoms with Crippen molar-refractivity contribution in [1.82, 2.24) is 9.97 Å². The van der Waals surface area contributed by atoms with Crippen molar-refractivity contribution in [3.63, 3.8) is 0 Å². The van der Waals surface area contributed by atoms with Crippen LogP contribution < -0.4 is 11.3 Å². The predicted octanol–water partition coefficient (Wildman–Crippen LogP) is 1.19. The van der Waals surface area contributed by atoms with E-state index in [0.29, 0.717) is 17.3 Å². The number of H-pyrrole nitrogens is 1. The van der Waals surface area contributed by atoms with E-state index in [4.69, 9.17) is 5.73 Å². The molecule has 0 bridgehead atoms. The van der Waals surface area contributed by atoms with Gasteiger partial charge in [0.25, 0.3) is 5.56 Å². The van der Waals surface area contributed by atoms with Crippen molar-refractivity contribution in [1.29, 1.82) is 0 Å². The average molecular weight is 193 g/mol. The zero-order valence-electron chi connectivity index (χ0n) is 8.50. The molecule has 0 aromatic carbocycles. The molecule has 1 aromatic heterocycles. The Morgan fingerprint density at radius 2 is 2.29 bits per heavy atom. The number of rotatable bonds is 3. The Hall–Kier alpha value is -1.58. The molecule has 0 fully saturated rings. The molecule has 76 valence electrons. The third-order valence-electron chi connectivity index (χ3n) is 1.84. The molecule has 0 aliphatic carbocycles. The lowest BCUT2D eigenvalue weighted by molar-refractivity contribution is 0.619. The van der Waals surface area contributed by atoms with Gasteiger partial charge in [-0.2, -0.15) is 0 Å². The van der Waals surface area contributed by atoms with Crippen molar-refractivity contribution in [2.24, 2.45) is 5.92 Å². The number of aromatic nitrogens is 2. The van der Waals surface area contributed by atoms with Crippen LogP contribution in [0.3, 0.4) is 0 Å². The highest BCUT2D eigenvalue weighted by molar-refractivity contribution is 5.58. The molecular formula is C10H15N3O. The summed E-state index contributed by atoms with van der Waals surface area (Å²) in [6.07, 6.45) is 2.14. The van der Waals surface area contributed by atoms with Gasteiger partial charge in [0.1, 0.15) is 11.6 Å². The van der Waals surface area contributed by atoms with Gasteiger partial charge in [-0.15, -0.1) is 0 Å². The Bertz CT molecular complexity index is 393. The first-order valence-electron chi connectivity index (χ1n) is 4.55. The van der Waals surface area contributed by atoms with E-state index < -0.39 is 0 Å². The summed E-state index contributed by atoms with van der Waals surface area (Å²) in [5.41, 5.74) is 5.73. The van der Waals surface area contributed by atoms with Crippen molar-refractivity contribution in [3.05, 3.63) is 28.3 Å². The summed E-state index contributed by atoms with van der Waals surface area (Å²) < 4.78 is 0. The van der Waals surface area contributed by atoms with Gasteiger partial charge in [0, 0.05) is 6.42 Å². The summed E-state index contributed by atoms with van der Waals surface area (Å²) in [6.45, 7) is 7.61. The van der Waals surface area contributed by atoms with E-state index >= 15 is 0 Å². The summed E-state index contributed by atoms with van der Waals surface area (Å²) in [6, 6.07) is 0. The minimum atomic E-state index is -0.219. The number of aromatic amines is 1. The highest BCUT2D eigenvalue weighted by Crippen LogP contribution is 2.06. The first-order valence-corrected chi connectivity index (χ1v) is 4.55. The third kappa shape index (κ3) is 2.22. The van der Waals surface area contributed by atoms with Crippen LogP contribution in [0.15, 0.2) is 11.4 Å². The Balaban J connectivity index is 3.14. The maximum atomic E-state index is 11.4. The smallest absolute Gasteiger partial charge is 0.260 e. The first-order chi connectivity index (χ1) is 6.54. The number of nitrogens with one attached hydrogen (secondary N) is 1. The first kappa shape index (κ1) is 10.5. The SMILES string of the molecule is C=Cc1c(N)nc(CC(C)C)[nH]c1=O. The van der Waals surface area contributed by atoms with Gasteiger partial charge in [0.2, 0.25) is 0 Å². The second-order valence-electron chi connectivity index (χ2n) is 3.61. The van der Waals surface area contributed by atoms with Gasteiger partial charge in [-0.3, -0.25) is 4.79 Å². The summed E-state index contributed by atoms with van der Waals surface area (Å²) in [4.78, 5) is 18.2. The van der Waals surface area contributed by atoms with Gasteiger partial charge in [-0.25, -0.2) is 4.98 Å². The molecule has 0 amide bonds. The van der Waals surface area contributed by atoms with Crippen molar-refractivity contribution in [2.75, 3.05) is 5.73 Å². The van der Waals surface area contributed by atoms with E-state index in [0.717, 1.165) is 6.42 Å². The Labute approximate surface area is 82.9 Å². The molecule has 1 rings (SSSR count). The quantitative estimate of drug-likeness (QED) is 0.757. The van der Waals surface area contributed by atoms with Crippen LogP contribution in [0.25, 0.3) is 6.08 Å². The van der Waals surface area contributed by atoms with Crippen molar-refractivity contribution < 1.29 is 0 Å². The number of nitrogens with two attached hydrogens (primary N) is 1. The average Bonchev–Trinajstić information content (AvgIpc) is 2.01. The van der Waals surface area contributed by atoms with Gasteiger partial charge in [-0.1, -0.05) is 26.5 Å². The van der Waals surface area contributed by atoms with Gasteiger partial charge in [0.05, 0.1) is 5.56 Å².